The van der Waals surface area contributed by atoms with Gasteiger partial charge in [-0.25, -0.2) is 0 Å². The maximum Gasteiger partial charge on any atom is 0.294 e. The van der Waals surface area contributed by atoms with Crippen LogP contribution in [-0.4, -0.2) is 14.8 Å². The average Bonchev–Trinajstić information content (AvgIpc) is 2.52. The van der Waals surface area contributed by atoms with Gasteiger partial charge in [0.1, 0.15) is 6.23 Å². The van der Waals surface area contributed by atoms with Gasteiger partial charge >= 0.3 is 0 Å². The highest BCUT2D eigenvalue weighted by Gasteiger charge is 2.31. The Morgan fingerprint density at radius 3 is 2.93 bits per heavy atom. The van der Waals surface area contributed by atoms with Gasteiger partial charge < -0.3 is 10.2 Å². The summed E-state index contributed by atoms with van der Waals surface area (Å²) in [7, 11) is 0. The minimum Gasteiger partial charge on any atom is -0.503 e. The normalized spacial score (nSPS) is 24.1. The SMILES string of the molecule is CCCC1Cc2ccc(O)c(=O)n2C1O. The van der Waals surface area contributed by atoms with E-state index in [1.54, 1.807) is 6.07 Å². The Morgan fingerprint density at radius 2 is 2.27 bits per heavy atom. The zero-order valence-corrected chi connectivity index (χ0v) is 8.68. The highest BCUT2D eigenvalue weighted by atomic mass is 16.3. The van der Waals surface area contributed by atoms with Crippen molar-refractivity contribution < 1.29 is 10.2 Å². The summed E-state index contributed by atoms with van der Waals surface area (Å²) in [5.41, 5.74) is 0.322. The number of aliphatic hydroxyl groups excluding tert-OH is 1. The van der Waals surface area contributed by atoms with Crippen molar-refractivity contribution in [3.05, 3.63) is 28.2 Å². The van der Waals surface area contributed by atoms with Crippen LogP contribution < -0.4 is 5.56 Å². The first-order chi connectivity index (χ1) is 7.15. The largest absolute Gasteiger partial charge is 0.503 e. The van der Waals surface area contributed by atoms with Gasteiger partial charge in [-0.2, -0.15) is 0 Å². The first kappa shape index (κ1) is 10.2. The van der Waals surface area contributed by atoms with E-state index in [1.165, 1.54) is 10.6 Å². The number of rotatable bonds is 2. The Hall–Kier alpha value is -1.29. The average molecular weight is 209 g/mol. The molecular weight excluding hydrogens is 194 g/mol. The summed E-state index contributed by atoms with van der Waals surface area (Å²) in [5.74, 6) is -0.195. The lowest BCUT2D eigenvalue weighted by molar-refractivity contribution is 0.0563. The lowest BCUT2D eigenvalue weighted by Gasteiger charge is -2.14. The molecule has 2 atom stereocenters. The van der Waals surface area contributed by atoms with Crippen LogP contribution in [0.25, 0.3) is 0 Å². The molecule has 0 aromatic carbocycles. The summed E-state index contributed by atoms with van der Waals surface area (Å²) in [6, 6.07) is 3.10. The molecule has 1 aliphatic rings. The lowest BCUT2D eigenvalue weighted by atomic mass is 10.00. The molecule has 1 aromatic heterocycles. The Labute approximate surface area is 87.8 Å². The van der Waals surface area contributed by atoms with Crippen LogP contribution in [0.4, 0.5) is 0 Å². The predicted octanol–water partition coefficient (Wildman–Crippen LogP) is 1.02. The van der Waals surface area contributed by atoms with Crippen LogP contribution in [0.5, 0.6) is 5.75 Å². The minimum atomic E-state index is -0.778. The molecule has 0 fully saturated rings. The van der Waals surface area contributed by atoms with E-state index in [1.807, 2.05) is 0 Å². The number of pyridine rings is 1. The zero-order valence-electron chi connectivity index (χ0n) is 8.68. The highest BCUT2D eigenvalue weighted by Crippen LogP contribution is 2.31. The van der Waals surface area contributed by atoms with E-state index in [2.05, 4.69) is 6.92 Å². The number of aromatic nitrogens is 1. The molecule has 0 amide bonds. The van der Waals surface area contributed by atoms with E-state index in [0.29, 0.717) is 6.42 Å². The molecule has 2 heterocycles. The summed E-state index contributed by atoms with van der Waals surface area (Å²) in [5, 5.41) is 19.2. The second kappa shape index (κ2) is 3.70. The Balaban J connectivity index is 2.42. The van der Waals surface area contributed by atoms with Gasteiger partial charge in [0, 0.05) is 11.6 Å². The summed E-state index contributed by atoms with van der Waals surface area (Å²) < 4.78 is 1.30. The smallest absolute Gasteiger partial charge is 0.294 e. The van der Waals surface area contributed by atoms with Crippen molar-refractivity contribution >= 4 is 0 Å². The maximum absolute atomic E-state index is 11.6. The quantitative estimate of drug-likeness (QED) is 0.764. The van der Waals surface area contributed by atoms with Gasteiger partial charge in [-0.3, -0.25) is 9.36 Å². The molecule has 0 aliphatic carbocycles. The van der Waals surface area contributed by atoms with Crippen molar-refractivity contribution in [2.75, 3.05) is 0 Å². The monoisotopic (exact) mass is 209 g/mol. The zero-order chi connectivity index (χ0) is 11.0. The molecule has 0 bridgehead atoms. The molecule has 0 spiro atoms. The molecule has 82 valence electrons. The molecular formula is C11H15NO3. The van der Waals surface area contributed by atoms with Crippen LogP contribution in [0.1, 0.15) is 31.7 Å². The van der Waals surface area contributed by atoms with Crippen molar-refractivity contribution in [1.29, 1.82) is 0 Å². The number of fused-ring (bicyclic) bond motifs is 1. The fourth-order valence-corrected chi connectivity index (χ4v) is 2.24. The Bertz CT molecular complexity index is 424. The third kappa shape index (κ3) is 1.55. The summed E-state index contributed by atoms with van der Waals surface area (Å²) in [6.07, 6.45) is 1.81. The van der Waals surface area contributed by atoms with Crippen molar-refractivity contribution in [2.45, 2.75) is 32.4 Å². The van der Waals surface area contributed by atoms with Gasteiger partial charge in [0.2, 0.25) is 0 Å². The van der Waals surface area contributed by atoms with Gasteiger partial charge in [0.15, 0.2) is 5.75 Å². The fraction of sp³-hybridized carbons (Fsp3) is 0.545. The van der Waals surface area contributed by atoms with Crippen LogP contribution in [0, 0.1) is 5.92 Å². The number of hydrogen-bond acceptors (Lipinski definition) is 3. The van der Waals surface area contributed by atoms with Gasteiger partial charge in [-0.15, -0.1) is 0 Å². The lowest BCUT2D eigenvalue weighted by Crippen LogP contribution is -2.24. The van der Waals surface area contributed by atoms with Crippen molar-refractivity contribution in [3.8, 4) is 5.75 Å². The molecule has 0 saturated carbocycles. The van der Waals surface area contributed by atoms with E-state index in [-0.39, 0.29) is 11.7 Å². The third-order valence-corrected chi connectivity index (χ3v) is 3.00. The minimum absolute atomic E-state index is 0.101. The van der Waals surface area contributed by atoms with Crippen LogP contribution in [0.15, 0.2) is 16.9 Å². The Morgan fingerprint density at radius 1 is 1.53 bits per heavy atom. The number of nitrogens with zero attached hydrogens (tertiary/aromatic N) is 1. The molecule has 2 rings (SSSR count). The van der Waals surface area contributed by atoms with Crippen molar-refractivity contribution in [1.82, 2.24) is 4.57 Å². The van der Waals surface area contributed by atoms with Crippen LogP contribution in [0.2, 0.25) is 0 Å². The first-order valence-electron chi connectivity index (χ1n) is 5.26. The van der Waals surface area contributed by atoms with Gasteiger partial charge in [-0.1, -0.05) is 13.3 Å². The molecule has 1 aliphatic heterocycles. The molecule has 1 aromatic rings. The van der Waals surface area contributed by atoms with Gasteiger partial charge in [-0.05, 0) is 25.0 Å². The van der Waals surface area contributed by atoms with Gasteiger partial charge in [0.25, 0.3) is 5.56 Å². The second-order valence-electron chi connectivity index (χ2n) is 4.05. The summed E-state index contributed by atoms with van der Waals surface area (Å²) in [6.45, 7) is 2.05. The topological polar surface area (TPSA) is 62.5 Å². The van der Waals surface area contributed by atoms with Crippen LogP contribution in [-0.2, 0) is 6.42 Å². The molecule has 4 heteroatoms. The standard InChI is InChI=1S/C11H15NO3/c1-2-3-7-6-8-4-5-9(13)11(15)12(8)10(7)14/h4-5,7,10,13-14H,2-3,6H2,1H3. The van der Waals surface area contributed by atoms with Crippen molar-refractivity contribution in [3.63, 3.8) is 0 Å². The second-order valence-corrected chi connectivity index (χ2v) is 4.05. The number of aliphatic hydroxyl groups is 1. The summed E-state index contributed by atoms with van der Waals surface area (Å²) >= 11 is 0. The van der Waals surface area contributed by atoms with Crippen LogP contribution in [0.3, 0.4) is 0 Å². The molecule has 0 saturated heterocycles. The predicted molar refractivity (Wildman–Crippen MR) is 55.7 cm³/mol. The van der Waals surface area contributed by atoms with Gasteiger partial charge in [0.05, 0.1) is 0 Å². The molecule has 0 radical (unpaired) electrons. The molecule has 15 heavy (non-hydrogen) atoms. The fourth-order valence-electron chi connectivity index (χ4n) is 2.24. The van der Waals surface area contributed by atoms with Crippen molar-refractivity contribution in [2.24, 2.45) is 5.92 Å². The Kier molecular flexibility index (Phi) is 2.52. The highest BCUT2D eigenvalue weighted by molar-refractivity contribution is 5.23. The maximum atomic E-state index is 11.6. The van der Waals surface area contributed by atoms with E-state index in [0.717, 1.165) is 18.5 Å². The number of aromatic hydroxyl groups is 1. The molecule has 4 nitrogen and oxygen atoms in total. The summed E-state index contributed by atoms with van der Waals surface area (Å²) in [4.78, 5) is 11.6. The number of hydrogen-bond donors (Lipinski definition) is 2. The van der Waals surface area contributed by atoms with E-state index < -0.39 is 11.8 Å². The third-order valence-electron chi connectivity index (χ3n) is 3.00. The first-order valence-corrected chi connectivity index (χ1v) is 5.26. The van der Waals surface area contributed by atoms with E-state index in [4.69, 9.17) is 0 Å². The van der Waals surface area contributed by atoms with Crippen LogP contribution >= 0.6 is 0 Å². The van der Waals surface area contributed by atoms with E-state index in [9.17, 15) is 15.0 Å². The van der Waals surface area contributed by atoms with E-state index >= 15 is 0 Å². The molecule has 2 unspecified atom stereocenters. The molecule has 2 N–H and O–H groups in total.